The van der Waals surface area contributed by atoms with Crippen LogP contribution in [0.1, 0.15) is 43.3 Å². The second-order valence-electron chi connectivity index (χ2n) is 6.81. The van der Waals surface area contributed by atoms with E-state index in [9.17, 15) is 18.0 Å². The Balaban J connectivity index is 1.92. The molecular weight excluding hydrogens is 347 g/mol. The van der Waals surface area contributed by atoms with Gasteiger partial charge in [-0.05, 0) is 52.5 Å². The van der Waals surface area contributed by atoms with Crippen molar-refractivity contribution in [2.75, 3.05) is 25.9 Å². The first kappa shape index (κ1) is 20.4. The highest BCUT2D eigenvalue weighted by molar-refractivity contribution is 5.81. The first-order valence-corrected chi connectivity index (χ1v) is 8.79. The summed E-state index contributed by atoms with van der Waals surface area (Å²) >= 11 is 0. The molecule has 6 nitrogen and oxygen atoms in total. The van der Waals surface area contributed by atoms with E-state index in [0.717, 1.165) is 19.3 Å². The van der Waals surface area contributed by atoms with Crippen LogP contribution in [0.25, 0.3) is 0 Å². The van der Waals surface area contributed by atoms with Crippen molar-refractivity contribution in [1.29, 1.82) is 0 Å². The van der Waals surface area contributed by atoms with Gasteiger partial charge in [0.25, 0.3) is 0 Å². The predicted molar refractivity (Wildman–Crippen MR) is 92.3 cm³/mol. The quantitative estimate of drug-likeness (QED) is 0.826. The van der Waals surface area contributed by atoms with Gasteiger partial charge in [-0.25, -0.2) is 9.97 Å². The van der Waals surface area contributed by atoms with Crippen molar-refractivity contribution >= 4 is 11.7 Å². The third-order valence-electron chi connectivity index (χ3n) is 5.03. The van der Waals surface area contributed by atoms with Crippen LogP contribution in [-0.2, 0) is 17.4 Å². The number of nitrogen functional groups attached to an aromatic ring is 1. The molecule has 26 heavy (non-hydrogen) atoms. The van der Waals surface area contributed by atoms with Crippen molar-refractivity contribution in [3.05, 3.63) is 17.1 Å². The van der Waals surface area contributed by atoms with Crippen molar-refractivity contribution in [3.8, 4) is 0 Å². The number of anilines is 1. The van der Waals surface area contributed by atoms with E-state index in [2.05, 4.69) is 15.3 Å². The van der Waals surface area contributed by atoms with Gasteiger partial charge in [0, 0.05) is 24.3 Å². The van der Waals surface area contributed by atoms with Crippen molar-refractivity contribution in [2.45, 2.75) is 51.7 Å². The van der Waals surface area contributed by atoms with Gasteiger partial charge in [-0.1, -0.05) is 0 Å². The molecule has 3 N–H and O–H groups in total. The molecule has 0 saturated carbocycles. The van der Waals surface area contributed by atoms with Gasteiger partial charge in [0.15, 0.2) is 0 Å². The van der Waals surface area contributed by atoms with Crippen LogP contribution in [0.5, 0.6) is 0 Å². The molecule has 1 atom stereocenters. The van der Waals surface area contributed by atoms with Crippen LogP contribution in [0.2, 0.25) is 0 Å². The summed E-state index contributed by atoms with van der Waals surface area (Å²) in [5.41, 5.74) is 6.60. The maximum atomic E-state index is 12.7. The lowest BCUT2D eigenvalue weighted by molar-refractivity contribution is -0.145. The van der Waals surface area contributed by atoms with Crippen molar-refractivity contribution in [3.63, 3.8) is 0 Å². The number of nitrogens with zero attached hydrogens (tertiary/aromatic N) is 3. The Kier molecular flexibility index (Phi) is 6.44. The maximum Gasteiger partial charge on any atom is 0.451 e. The van der Waals surface area contributed by atoms with Crippen LogP contribution in [0, 0.1) is 12.8 Å². The van der Waals surface area contributed by atoms with Crippen LogP contribution < -0.4 is 11.1 Å². The molecule has 1 aromatic rings. The highest BCUT2D eigenvalue weighted by atomic mass is 19.4. The lowest BCUT2D eigenvalue weighted by Gasteiger charge is -2.33. The van der Waals surface area contributed by atoms with Crippen molar-refractivity contribution < 1.29 is 18.0 Å². The van der Waals surface area contributed by atoms with E-state index in [4.69, 9.17) is 5.73 Å². The Morgan fingerprint density at radius 3 is 2.46 bits per heavy atom. The standard InChI is InChI=1S/C17H26F3N5O/c1-10-13(14(21)24-16(23-10)17(18,19)20)5-4-12-6-8-25(9-7-12)15(26)11(2)22-3/h11-12,22H,4-9H2,1-3H3,(H2,21,23,24). The molecule has 9 heteroatoms. The molecule has 1 unspecified atom stereocenters. The molecule has 2 rings (SSSR count). The monoisotopic (exact) mass is 373 g/mol. The largest absolute Gasteiger partial charge is 0.451 e. The number of alkyl halides is 3. The molecule has 1 aliphatic rings. The number of likely N-dealkylation sites (tertiary alicyclic amines) is 1. The second kappa shape index (κ2) is 8.20. The van der Waals surface area contributed by atoms with Gasteiger partial charge in [-0.3, -0.25) is 4.79 Å². The average Bonchev–Trinajstić information content (AvgIpc) is 2.59. The number of aromatic nitrogens is 2. The zero-order valence-electron chi connectivity index (χ0n) is 15.4. The van der Waals surface area contributed by atoms with Gasteiger partial charge in [0.2, 0.25) is 11.7 Å². The molecular formula is C17H26F3N5O. The van der Waals surface area contributed by atoms with Crippen LogP contribution >= 0.6 is 0 Å². The number of carbonyl (C=O) groups is 1. The van der Waals surface area contributed by atoms with E-state index in [-0.39, 0.29) is 23.5 Å². The number of carbonyl (C=O) groups excluding carboxylic acids is 1. The number of hydrogen-bond donors (Lipinski definition) is 2. The molecule has 0 aliphatic carbocycles. The normalized spacial score (nSPS) is 17.4. The number of rotatable bonds is 5. The smallest absolute Gasteiger partial charge is 0.383 e. The molecule has 2 heterocycles. The fourth-order valence-corrected chi connectivity index (χ4v) is 3.24. The number of piperidine rings is 1. The molecule has 1 amide bonds. The first-order chi connectivity index (χ1) is 12.1. The van der Waals surface area contributed by atoms with Crippen LogP contribution in [0.15, 0.2) is 0 Å². The first-order valence-electron chi connectivity index (χ1n) is 8.79. The fourth-order valence-electron chi connectivity index (χ4n) is 3.24. The zero-order valence-corrected chi connectivity index (χ0v) is 15.4. The minimum atomic E-state index is -4.60. The second-order valence-corrected chi connectivity index (χ2v) is 6.81. The highest BCUT2D eigenvalue weighted by Crippen LogP contribution is 2.30. The Labute approximate surface area is 151 Å². The highest BCUT2D eigenvalue weighted by Gasteiger charge is 2.35. The zero-order chi connectivity index (χ0) is 19.5. The van der Waals surface area contributed by atoms with Gasteiger partial charge in [-0.2, -0.15) is 13.2 Å². The number of likely N-dealkylation sites (N-methyl/N-ethyl adjacent to an activating group) is 1. The van der Waals surface area contributed by atoms with Gasteiger partial charge in [-0.15, -0.1) is 0 Å². The minimum absolute atomic E-state index is 0.0970. The summed E-state index contributed by atoms with van der Waals surface area (Å²) < 4.78 is 38.2. The lowest BCUT2D eigenvalue weighted by Crippen LogP contribution is -2.47. The summed E-state index contributed by atoms with van der Waals surface area (Å²) in [5, 5.41) is 2.95. The van der Waals surface area contributed by atoms with E-state index in [1.54, 1.807) is 7.05 Å². The number of halogens is 3. The number of amides is 1. The summed E-state index contributed by atoms with van der Waals surface area (Å²) in [6.45, 7) is 4.77. The van der Waals surface area contributed by atoms with Gasteiger partial charge in [0.05, 0.1) is 6.04 Å². The van der Waals surface area contributed by atoms with Gasteiger partial charge < -0.3 is 16.0 Å². The molecule has 1 aliphatic heterocycles. The summed E-state index contributed by atoms with van der Waals surface area (Å²) in [5.74, 6) is -0.783. The Morgan fingerprint density at radius 2 is 1.96 bits per heavy atom. The molecule has 0 radical (unpaired) electrons. The van der Waals surface area contributed by atoms with E-state index < -0.39 is 12.0 Å². The fraction of sp³-hybridized carbons (Fsp3) is 0.706. The van der Waals surface area contributed by atoms with Crippen LogP contribution in [0.4, 0.5) is 19.0 Å². The van der Waals surface area contributed by atoms with E-state index >= 15 is 0 Å². The number of aryl methyl sites for hydroxylation is 1. The summed E-state index contributed by atoms with van der Waals surface area (Å²) in [6, 6.07) is -0.196. The summed E-state index contributed by atoms with van der Waals surface area (Å²) in [6.07, 6.45) is -1.50. The Bertz CT molecular complexity index is 619. The van der Waals surface area contributed by atoms with Crippen LogP contribution in [-0.4, -0.2) is 47.0 Å². The summed E-state index contributed by atoms with van der Waals surface area (Å²) in [7, 11) is 1.76. The number of nitrogens with two attached hydrogens (primary N) is 1. The Hall–Kier alpha value is -1.90. The number of nitrogens with one attached hydrogen (secondary N) is 1. The van der Waals surface area contributed by atoms with Gasteiger partial charge in [0.1, 0.15) is 5.82 Å². The molecule has 0 spiro atoms. The minimum Gasteiger partial charge on any atom is -0.383 e. The SMILES string of the molecule is CNC(C)C(=O)N1CCC(CCc2c(C)nc(C(F)(F)F)nc2N)CC1. The van der Waals surface area contributed by atoms with Crippen molar-refractivity contribution in [2.24, 2.45) is 5.92 Å². The molecule has 0 aromatic carbocycles. The van der Waals surface area contributed by atoms with Crippen LogP contribution in [0.3, 0.4) is 0 Å². The molecule has 1 saturated heterocycles. The van der Waals surface area contributed by atoms with Crippen molar-refractivity contribution in [1.82, 2.24) is 20.2 Å². The topological polar surface area (TPSA) is 84.1 Å². The van der Waals surface area contributed by atoms with E-state index in [1.165, 1.54) is 6.92 Å². The third kappa shape index (κ3) is 4.84. The van der Waals surface area contributed by atoms with E-state index in [0.29, 0.717) is 31.0 Å². The predicted octanol–water partition coefficient (Wildman–Crippen LogP) is 2.17. The molecule has 0 bridgehead atoms. The third-order valence-corrected chi connectivity index (χ3v) is 5.03. The lowest BCUT2D eigenvalue weighted by atomic mass is 9.90. The molecule has 1 fully saturated rings. The molecule has 146 valence electrons. The molecule has 1 aromatic heterocycles. The Morgan fingerprint density at radius 1 is 1.35 bits per heavy atom. The van der Waals surface area contributed by atoms with Gasteiger partial charge >= 0.3 is 6.18 Å². The average molecular weight is 373 g/mol. The summed E-state index contributed by atoms with van der Waals surface area (Å²) in [4.78, 5) is 21.0. The number of hydrogen-bond acceptors (Lipinski definition) is 5. The maximum absolute atomic E-state index is 12.7. The van der Waals surface area contributed by atoms with E-state index in [1.807, 2.05) is 11.8 Å².